The van der Waals surface area contributed by atoms with Gasteiger partial charge in [0.25, 0.3) is 5.91 Å². The van der Waals surface area contributed by atoms with Crippen LogP contribution in [-0.2, 0) is 15.7 Å². The first-order chi connectivity index (χ1) is 13.8. The van der Waals surface area contributed by atoms with E-state index < -0.39 is 52.8 Å². The Labute approximate surface area is 169 Å². The Balaban J connectivity index is 2.50. The largest absolute Gasteiger partial charge is 0.463 e. The molecule has 1 aromatic heterocycles. The highest BCUT2D eigenvalue weighted by Crippen LogP contribution is 2.35. The molecule has 2 N–H and O–H groups in total. The lowest BCUT2D eigenvalue weighted by Gasteiger charge is -2.34. The number of aromatic nitrogens is 2. The molecule has 1 unspecified atom stereocenters. The second-order valence-electron chi connectivity index (χ2n) is 5.75. The topological polar surface area (TPSA) is 93.2 Å². The Morgan fingerprint density at radius 3 is 2.30 bits per heavy atom. The number of benzene rings is 1. The van der Waals surface area contributed by atoms with Crippen molar-refractivity contribution in [3.8, 4) is 0 Å². The molecule has 2 aromatic rings. The van der Waals surface area contributed by atoms with Crippen molar-refractivity contribution in [1.29, 1.82) is 0 Å². The number of nitrogens with one attached hydrogen (secondary N) is 2. The Morgan fingerprint density at radius 2 is 1.80 bits per heavy atom. The van der Waals surface area contributed by atoms with Gasteiger partial charge in [-0.15, -0.1) is 10.2 Å². The van der Waals surface area contributed by atoms with Crippen molar-refractivity contribution in [2.45, 2.75) is 31.9 Å². The third kappa shape index (κ3) is 4.98. The van der Waals surface area contributed by atoms with Gasteiger partial charge in [-0.1, -0.05) is 17.4 Å². The van der Waals surface area contributed by atoms with Crippen LogP contribution in [0.25, 0.3) is 0 Å². The van der Waals surface area contributed by atoms with Crippen LogP contribution in [0, 0.1) is 6.92 Å². The molecule has 14 heteroatoms. The van der Waals surface area contributed by atoms with Crippen molar-refractivity contribution < 1.29 is 40.7 Å². The first-order valence-electron chi connectivity index (χ1n) is 8.12. The Hall–Kier alpha value is -2.90. The summed E-state index contributed by atoms with van der Waals surface area (Å²) in [6, 6.07) is 2.71. The Morgan fingerprint density at radius 1 is 1.13 bits per heavy atom. The van der Waals surface area contributed by atoms with Crippen LogP contribution in [0.15, 0.2) is 24.3 Å². The molecule has 0 saturated heterocycles. The van der Waals surface area contributed by atoms with Gasteiger partial charge in [0.05, 0.1) is 12.2 Å². The summed E-state index contributed by atoms with van der Waals surface area (Å²) in [5.74, 6) is -3.52. The third-order valence-electron chi connectivity index (χ3n) is 3.58. The molecule has 0 aliphatic carbocycles. The number of alkyl halides is 6. The van der Waals surface area contributed by atoms with Gasteiger partial charge in [0.2, 0.25) is 5.13 Å². The van der Waals surface area contributed by atoms with Gasteiger partial charge in [0.15, 0.2) is 0 Å². The van der Waals surface area contributed by atoms with Crippen molar-refractivity contribution in [2.75, 3.05) is 11.9 Å². The summed E-state index contributed by atoms with van der Waals surface area (Å²) in [5.41, 5.74) is -5.82. The summed E-state index contributed by atoms with van der Waals surface area (Å²) >= 11 is 0.654. The van der Waals surface area contributed by atoms with Crippen LogP contribution >= 0.6 is 11.3 Å². The summed E-state index contributed by atoms with van der Waals surface area (Å²) < 4.78 is 85.0. The number of halogens is 6. The van der Waals surface area contributed by atoms with Crippen LogP contribution in [-0.4, -0.2) is 40.5 Å². The number of amides is 1. The molecule has 0 aliphatic heterocycles. The number of nitrogens with zero attached hydrogens (tertiary/aromatic N) is 2. The summed E-state index contributed by atoms with van der Waals surface area (Å²) in [5, 5.41) is 9.93. The monoisotopic (exact) mass is 456 g/mol. The molecular weight excluding hydrogens is 442 g/mol. The van der Waals surface area contributed by atoms with Gasteiger partial charge in [-0.3, -0.25) is 4.79 Å². The van der Waals surface area contributed by atoms with Crippen molar-refractivity contribution in [2.24, 2.45) is 0 Å². The van der Waals surface area contributed by atoms with E-state index in [0.29, 0.717) is 23.5 Å². The average molecular weight is 456 g/mol. The van der Waals surface area contributed by atoms with Crippen molar-refractivity contribution in [3.63, 3.8) is 0 Å². The Kier molecular flexibility index (Phi) is 6.59. The second kappa shape index (κ2) is 8.45. The minimum atomic E-state index is -5.46. The smallest absolute Gasteiger partial charge is 0.442 e. The van der Waals surface area contributed by atoms with Crippen LogP contribution in [0.5, 0.6) is 0 Å². The lowest BCUT2D eigenvalue weighted by molar-refractivity contribution is -0.204. The normalized spacial score (nSPS) is 14.0. The van der Waals surface area contributed by atoms with Gasteiger partial charge in [-0.05, 0) is 32.0 Å². The van der Waals surface area contributed by atoms with Gasteiger partial charge >= 0.3 is 24.0 Å². The molecule has 1 atom stereocenters. The lowest BCUT2D eigenvalue weighted by atomic mass is 10.1. The summed E-state index contributed by atoms with van der Waals surface area (Å²) in [7, 11) is 0. The minimum Gasteiger partial charge on any atom is -0.463 e. The van der Waals surface area contributed by atoms with E-state index >= 15 is 0 Å². The van der Waals surface area contributed by atoms with Gasteiger partial charge < -0.3 is 15.4 Å². The van der Waals surface area contributed by atoms with Crippen LogP contribution in [0.4, 0.5) is 31.5 Å². The molecule has 1 heterocycles. The minimum absolute atomic E-state index is 0.252. The number of anilines is 1. The lowest BCUT2D eigenvalue weighted by Crippen LogP contribution is -2.69. The van der Waals surface area contributed by atoms with Crippen LogP contribution < -0.4 is 10.6 Å². The molecule has 164 valence electrons. The summed E-state index contributed by atoms with van der Waals surface area (Å²) in [6.45, 7) is 2.21. The zero-order valence-electron chi connectivity index (χ0n) is 15.3. The second-order valence-corrected chi connectivity index (χ2v) is 6.93. The van der Waals surface area contributed by atoms with E-state index in [1.165, 1.54) is 19.2 Å². The standard InChI is InChI=1S/C16H14F6N4O3S/c1-3-29-12(28)14(16(20,21)22,24-13-26-25-8(2)30-13)23-11(27)9-5-4-6-10(7-9)15(17,18)19/h4-7H,3H2,1-2H3,(H,23,27)(H,24,26). The molecule has 2 rings (SSSR count). The van der Waals surface area contributed by atoms with Gasteiger partial charge in [0.1, 0.15) is 5.01 Å². The number of rotatable bonds is 6. The van der Waals surface area contributed by atoms with E-state index in [2.05, 4.69) is 14.9 Å². The fraction of sp³-hybridized carbons (Fsp3) is 0.375. The first kappa shape index (κ1) is 23.4. The molecule has 0 bridgehead atoms. The predicted octanol–water partition coefficient (Wildman–Crippen LogP) is 3.53. The number of hydrogen-bond acceptors (Lipinski definition) is 7. The molecular formula is C16H14F6N4O3S. The third-order valence-corrected chi connectivity index (χ3v) is 4.33. The molecule has 0 fully saturated rings. The van der Waals surface area contributed by atoms with E-state index in [0.717, 1.165) is 12.1 Å². The first-order valence-corrected chi connectivity index (χ1v) is 8.94. The predicted molar refractivity (Wildman–Crippen MR) is 92.6 cm³/mol. The van der Waals surface area contributed by atoms with Gasteiger partial charge in [-0.2, -0.15) is 26.3 Å². The van der Waals surface area contributed by atoms with E-state index in [9.17, 15) is 35.9 Å². The van der Waals surface area contributed by atoms with Crippen LogP contribution in [0.3, 0.4) is 0 Å². The van der Waals surface area contributed by atoms with E-state index in [1.807, 2.05) is 0 Å². The maximum Gasteiger partial charge on any atom is 0.442 e. The van der Waals surface area contributed by atoms with Crippen molar-refractivity contribution in [1.82, 2.24) is 15.5 Å². The number of carbonyl (C=O) groups excluding carboxylic acids is 2. The average Bonchev–Trinajstić information content (AvgIpc) is 3.04. The fourth-order valence-corrected chi connectivity index (χ4v) is 2.86. The number of aryl methyl sites for hydroxylation is 1. The van der Waals surface area contributed by atoms with Crippen molar-refractivity contribution in [3.05, 3.63) is 40.4 Å². The molecule has 1 aromatic carbocycles. The van der Waals surface area contributed by atoms with E-state index in [1.54, 1.807) is 5.32 Å². The molecule has 0 radical (unpaired) electrons. The molecule has 1 amide bonds. The highest BCUT2D eigenvalue weighted by Gasteiger charge is 2.64. The molecule has 30 heavy (non-hydrogen) atoms. The molecule has 0 saturated carbocycles. The van der Waals surface area contributed by atoms with E-state index in [-0.39, 0.29) is 5.01 Å². The fourth-order valence-electron chi connectivity index (χ4n) is 2.22. The number of esters is 1. The maximum absolute atomic E-state index is 14.0. The van der Waals surface area contributed by atoms with Crippen LogP contribution in [0.1, 0.15) is 27.9 Å². The SMILES string of the molecule is CCOC(=O)C(NC(=O)c1cccc(C(F)(F)F)c1)(Nc1nnc(C)s1)C(F)(F)F. The number of ether oxygens (including phenoxy) is 1. The molecule has 7 nitrogen and oxygen atoms in total. The highest BCUT2D eigenvalue weighted by atomic mass is 32.1. The van der Waals surface area contributed by atoms with Gasteiger partial charge in [-0.25, -0.2) is 4.79 Å². The van der Waals surface area contributed by atoms with Gasteiger partial charge in [0, 0.05) is 5.56 Å². The number of hydrogen-bond donors (Lipinski definition) is 2. The quantitative estimate of drug-likeness (QED) is 0.393. The summed E-state index contributed by atoms with van der Waals surface area (Å²) in [4.78, 5) is 24.7. The Bertz CT molecular complexity index is 930. The number of carbonyl (C=O) groups is 2. The van der Waals surface area contributed by atoms with Crippen LogP contribution in [0.2, 0.25) is 0 Å². The zero-order chi connectivity index (χ0) is 22.7. The summed E-state index contributed by atoms with van der Waals surface area (Å²) in [6.07, 6.45) is -10.3. The highest BCUT2D eigenvalue weighted by molar-refractivity contribution is 7.15. The molecule has 0 aliphatic rings. The molecule has 0 spiro atoms. The van der Waals surface area contributed by atoms with E-state index in [4.69, 9.17) is 0 Å². The maximum atomic E-state index is 14.0. The zero-order valence-corrected chi connectivity index (χ0v) is 16.1. The van der Waals surface area contributed by atoms with Crippen molar-refractivity contribution >= 4 is 28.3 Å².